The van der Waals surface area contributed by atoms with Crippen LogP contribution in [-0.4, -0.2) is 23.5 Å². The van der Waals surface area contributed by atoms with Crippen molar-refractivity contribution < 1.29 is 0 Å². The van der Waals surface area contributed by atoms with Crippen LogP contribution in [0.15, 0.2) is 30.3 Å². The third kappa shape index (κ3) is 3.13. The number of rotatable bonds is 5. The number of anilines is 1. The summed E-state index contributed by atoms with van der Waals surface area (Å²) in [5.41, 5.74) is 2.28. The summed E-state index contributed by atoms with van der Waals surface area (Å²) in [5.74, 6) is 2.21. The topological polar surface area (TPSA) is 24.9 Å². The van der Waals surface area contributed by atoms with Crippen LogP contribution in [0.5, 0.6) is 0 Å². The van der Waals surface area contributed by atoms with Crippen molar-refractivity contribution in [3.8, 4) is 0 Å². The molecule has 1 aromatic heterocycles. The van der Waals surface area contributed by atoms with E-state index >= 15 is 0 Å². The Morgan fingerprint density at radius 2 is 2.12 bits per heavy atom. The molecule has 2 rings (SSSR count). The van der Waals surface area contributed by atoms with Crippen LogP contribution in [0.4, 0.5) is 5.82 Å². The van der Waals surface area contributed by atoms with Gasteiger partial charge in [-0.05, 0) is 43.0 Å². The zero-order valence-corrected chi connectivity index (χ0v) is 11.2. The van der Waals surface area contributed by atoms with Crippen LogP contribution in [0.25, 0.3) is 10.9 Å². The van der Waals surface area contributed by atoms with E-state index in [9.17, 15) is 0 Å². The number of benzene rings is 1. The smallest absolute Gasteiger partial charge is 0.129 e. The summed E-state index contributed by atoms with van der Waals surface area (Å²) in [4.78, 5) is 4.65. The third-order valence-electron chi connectivity index (χ3n) is 2.73. The van der Waals surface area contributed by atoms with E-state index in [-0.39, 0.29) is 0 Å². The summed E-state index contributed by atoms with van der Waals surface area (Å²) < 4.78 is 0. The summed E-state index contributed by atoms with van der Waals surface area (Å²) >= 11 is 1.88. The molecule has 2 aromatic rings. The van der Waals surface area contributed by atoms with E-state index < -0.39 is 0 Å². The van der Waals surface area contributed by atoms with E-state index in [1.165, 1.54) is 23.1 Å². The van der Waals surface area contributed by atoms with Gasteiger partial charge >= 0.3 is 0 Å². The molecule has 0 saturated carbocycles. The molecule has 0 atom stereocenters. The normalized spacial score (nSPS) is 10.7. The van der Waals surface area contributed by atoms with Gasteiger partial charge in [-0.3, -0.25) is 0 Å². The van der Waals surface area contributed by atoms with Gasteiger partial charge in [0, 0.05) is 11.9 Å². The van der Waals surface area contributed by atoms with Crippen molar-refractivity contribution >= 4 is 28.5 Å². The van der Waals surface area contributed by atoms with Crippen LogP contribution in [0.2, 0.25) is 0 Å². The SMILES string of the molecule is CSCCCNc1nc2ccccc2cc1C. The predicted molar refractivity (Wildman–Crippen MR) is 78.0 cm³/mol. The maximum atomic E-state index is 4.65. The second kappa shape index (κ2) is 5.92. The molecule has 17 heavy (non-hydrogen) atoms. The van der Waals surface area contributed by atoms with Crippen LogP contribution < -0.4 is 5.32 Å². The van der Waals surface area contributed by atoms with E-state index in [0.717, 1.165) is 17.9 Å². The fourth-order valence-electron chi connectivity index (χ4n) is 1.82. The first kappa shape index (κ1) is 12.2. The lowest BCUT2D eigenvalue weighted by Gasteiger charge is -2.09. The van der Waals surface area contributed by atoms with Crippen molar-refractivity contribution in [2.45, 2.75) is 13.3 Å². The van der Waals surface area contributed by atoms with E-state index in [1.807, 2.05) is 17.8 Å². The van der Waals surface area contributed by atoms with Gasteiger partial charge in [0.05, 0.1) is 5.52 Å². The molecule has 1 heterocycles. The van der Waals surface area contributed by atoms with Crippen molar-refractivity contribution in [1.82, 2.24) is 4.98 Å². The minimum Gasteiger partial charge on any atom is -0.370 e. The zero-order chi connectivity index (χ0) is 12.1. The molecule has 0 radical (unpaired) electrons. The Balaban J connectivity index is 2.14. The van der Waals surface area contributed by atoms with Gasteiger partial charge in [0.2, 0.25) is 0 Å². The van der Waals surface area contributed by atoms with Gasteiger partial charge < -0.3 is 5.32 Å². The number of nitrogens with one attached hydrogen (secondary N) is 1. The number of nitrogens with zero attached hydrogens (tertiary/aromatic N) is 1. The first-order valence-electron chi connectivity index (χ1n) is 5.90. The Kier molecular flexibility index (Phi) is 4.26. The van der Waals surface area contributed by atoms with Gasteiger partial charge in [-0.15, -0.1) is 0 Å². The van der Waals surface area contributed by atoms with Gasteiger partial charge in [0.25, 0.3) is 0 Å². The number of hydrogen-bond acceptors (Lipinski definition) is 3. The van der Waals surface area contributed by atoms with E-state index in [4.69, 9.17) is 0 Å². The van der Waals surface area contributed by atoms with Gasteiger partial charge in [-0.2, -0.15) is 11.8 Å². The lowest BCUT2D eigenvalue weighted by atomic mass is 10.1. The largest absolute Gasteiger partial charge is 0.370 e. The Bertz CT molecular complexity index is 497. The highest BCUT2D eigenvalue weighted by atomic mass is 32.2. The summed E-state index contributed by atoms with van der Waals surface area (Å²) in [7, 11) is 0. The molecule has 0 amide bonds. The summed E-state index contributed by atoms with van der Waals surface area (Å²) in [6.07, 6.45) is 3.31. The molecule has 0 saturated heterocycles. The molecule has 2 nitrogen and oxygen atoms in total. The van der Waals surface area contributed by atoms with Crippen LogP contribution in [0.1, 0.15) is 12.0 Å². The van der Waals surface area contributed by atoms with Crippen molar-refractivity contribution in [1.29, 1.82) is 0 Å². The highest BCUT2D eigenvalue weighted by molar-refractivity contribution is 7.98. The molecule has 0 fully saturated rings. The average molecular weight is 246 g/mol. The average Bonchev–Trinajstić information content (AvgIpc) is 2.35. The van der Waals surface area contributed by atoms with E-state index in [0.29, 0.717) is 0 Å². The fourth-order valence-corrected chi connectivity index (χ4v) is 2.26. The Morgan fingerprint density at radius 3 is 2.94 bits per heavy atom. The Hall–Kier alpha value is -1.22. The zero-order valence-electron chi connectivity index (χ0n) is 10.4. The number of pyridine rings is 1. The quantitative estimate of drug-likeness (QED) is 0.814. The van der Waals surface area contributed by atoms with E-state index in [2.05, 4.69) is 47.7 Å². The molecular weight excluding hydrogens is 228 g/mol. The lowest BCUT2D eigenvalue weighted by molar-refractivity contribution is 0.981. The first-order chi connectivity index (χ1) is 8.31. The predicted octanol–water partition coefficient (Wildman–Crippen LogP) is 3.71. The van der Waals surface area contributed by atoms with Crippen LogP contribution >= 0.6 is 11.8 Å². The molecule has 0 unspecified atom stereocenters. The molecule has 1 N–H and O–H groups in total. The number of aromatic nitrogens is 1. The van der Waals surface area contributed by atoms with Gasteiger partial charge in [-0.1, -0.05) is 18.2 Å². The van der Waals surface area contributed by atoms with Crippen molar-refractivity contribution in [2.24, 2.45) is 0 Å². The van der Waals surface area contributed by atoms with Crippen molar-refractivity contribution in [2.75, 3.05) is 23.9 Å². The van der Waals surface area contributed by atoms with Gasteiger partial charge in [0.1, 0.15) is 5.82 Å². The van der Waals surface area contributed by atoms with Gasteiger partial charge in [-0.25, -0.2) is 4.98 Å². The Labute approximate surface area is 107 Å². The minimum absolute atomic E-state index is 0.993. The molecule has 0 spiro atoms. The van der Waals surface area contributed by atoms with Crippen LogP contribution in [-0.2, 0) is 0 Å². The summed E-state index contributed by atoms with van der Waals surface area (Å²) in [5, 5.41) is 4.62. The molecular formula is C14H18N2S. The minimum atomic E-state index is 0.993. The number of fused-ring (bicyclic) bond motifs is 1. The maximum absolute atomic E-state index is 4.65. The standard InChI is InChI=1S/C14H18N2S/c1-11-10-12-6-3-4-7-13(12)16-14(11)15-8-5-9-17-2/h3-4,6-7,10H,5,8-9H2,1-2H3,(H,15,16). The van der Waals surface area contributed by atoms with Crippen molar-refractivity contribution in [3.05, 3.63) is 35.9 Å². The second-order valence-electron chi connectivity index (χ2n) is 4.12. The van der Waals surface area contributed by atoms with Crippen LogP contribution in [0, 0.1) is 6.92 Å². The number of aryl methyl sites for hydroxylation is 1. The number of para-hydroxylation sites is 1. The van der Waals surface area contributed by atoms with Crippen LogP contribution in [0.3, 0.4) is 0 Å². The molecule has 90 valence electrons. The summed E-state index contributed by atoms with van der Waals surface area (Å²) in [6.45, 7) is 3.10. The van der Waals surface area contributed by atoms with E-state index in [1.54, 1.807) is 0 Å². The number of hydrogen-bond donors (Lipinski definition) is 1. The molecule has 0 aliphatic rings. The molecule has 0 bridgehead atoms. The van der Waals surface area contributed by atoms with Gasteiger partial charge in [0.15, 0.2) is 0 Å². The Morgan fingerprint density at radius 1 is 1.29 bits per heavy atom. The highest BCUT2D eigenvalue weighted by Gasteiger charge is 2.01. The number of thioether (sulfide) groups is 1. The fraction of sp³-hybridized carbons (Fsp3) is 0.357. The lowest BCUT2D eigenvalue weighted by Crippen LogP contribution is -2.05. The molecule has 0 aliphatic carbocycles. The monoisotopic (exact) mass is 246 g/mol. The first-order valence-corrected chi connectivity index (χ1v) is 7.30. The van der Waals surface area contributed by atoms with Crippen molar-refractivity contribution in [3.63, 3.8) is 0 Å². The molecule has 1 aromatic carbocycles. The molecule has 0 aliphatic heterocycles. The molecule has 3 heteroatoms. The second-order valence-corrected chi connectivity index (χ2v) is 5.11. The maximum Gasteiger partial charge on any atom is 0.129 e. The third-order valence-corrected chi connectivity index (χ3v) is 3.43. The summed E-state index contributed by atoms with van der Waals surface area (Å²) in [6, 6.07) is 10.4. The highest BCUT2D eigenvalue weighted by Crippen LogP contribution is 2.19.